The third-order valence-electron chi connectivity index (χ3n) is 2.70. The highest BCUT2D eigenvalue weighted by molar-refractivity contribution is 5.97. The van der Waals surface area contributed by atoms with Gasteiger partial charge in [0.25, 0.3) is 11.6 Å². The Morgan fingerprint density at radius 1 is 1.55 bits per heavy atom. The fourth-order valence-electron chi connectivity index (χ4n) is 1.58. The van der Waals surface area contributed by atoms with Gasteiger partial charge in [-0.15, -0.1) is 0 Å². The molecule has 2 N–H and O–H groups in total. The van der Waals surface area contributed by atoms with Crippen molar-refractivity contribution in [3.05, 3.63) is 23.5 Å². The van der Waals surface area contributed by atoms with Crippen molar-refractivity contribution in [3.63, 3.8) is 0 Å². The molecule has 0 spiro atoms. The molecule has 0 saturated heterocycles. The number of hydrogen-bond donors (Lipinski definition) is 2. The van der Waals surface area contributed by atoms with Crippen LogP contribution in [0.15, 0.2) is 16.8 Å². The molecular formula is C12H13N3O5. The van der Waals surface area contributed by atoms with Gasteiger partial charge >= 0.3 is 5.97 Å². The molecule has 0 bridgehead atoms. The maximum absolute atomic E-state index is 11.9. The summed E-state index contributed by atoms with van der Waals surface area (Å²) < 4.78 is 9.27. The summed E-state index contributed by atoms with van der Waals surface area (Å²) >= 11 is 0. The molecule has 1 amide bonds. The van der Waals surface area contributed by atoms with E-state index >= 15 is 0 Å². The number of aryl methyl sites for hydroxylation is 1. The highest BCUT2D eigenvalue weighted by atomic mass is 16.5. The number of carbonyl (C=O) groups excluding carboxylic acids is 2. The Bertz CT molecular complexity index is 652. The van der Waals surface area contributed by atoms with Crippen LogP contribution in [0.3, 0.4) is 0 Å². The van der Waals surface area contributed by atoms with Gasteiger partial charge in [0.1, 0.15) is 0 Å². The third kappa shape index (κ3) is 2.75. The molecule has 0 aromatic carbocycles. The highest BCUT2D eigenvalue weighted by Crippen LogP contribution is 2.16. The maximum Gasteiger partial charge on any atom is 0.336 e. The van der Waals surface area contributed by atoms with E-state index in [2.05, 4.69) is 20.2 Å². The van der Waals surface area contributed by atoms with Gasteiger partial charge in [0, 0.05) is 6.20 Å². The molecule has 1 unspecified atom stereocenters. The van der Waals surface area contributed by atoms with Crippen molar-refractivity contribution in [2.75, 3.05) is 13.7 Å². The number of rotatable bonds is 4. The first-order chi connectivity index (χ1) is 9.52. The first-order valence-electron chi connectivity index (χ1n) is 5.79. The molecule has 2 rings (SSSR count). The van der Waals surface area contributed by atoms with E-state index < -0.39 is 18.0 Å². The second-order valence-electron chi connectivity index (χ2n) is 4.09. The summed E-state index contributed by atoms with van der Waals surface area (Å²) in [6.07, 6.45) is -0.0785. The van der Waals surface area contributed by atoms with E-state index in [4.69, 9.17) is 4.52 Å². The predicted octanol–water partition coefficient (Wildman–Crippen LogP) is -0.205. The summed E-state index contributed by atoms with van der Waals surface area (Å²) in [7, 11) is 1.15. The summed E-state index contributed by atoms with van der Waals surface area (Å²) in [5.74, 6) is -1.28. The second-order valence-corrected chi connectivity index (χ2v) is 4.09. The van der Waals surface area contributed by atoms with Crippen molar-refractivity contribution in [2.45, 2.75) is 13.0 Å². The number of fused-ring (bicyclic) bond motifs is 1. The zero-order valence-corrected chi connectivity index (χ0v) is 10.9. The normalized spacial score (nSPS) is 12.2. The number of carbonyl (C=O) groups is 2. The molecule has 0 aliphatic heterocycles. The molecule has 0 aliphatic rings. The predicted molar refractivity (Wildman–Crippen MR) is 66.9 cm³/mol. The van der Waals surface area contributed by atoms with Gasteiger partial charge in [-0.05, 0) is 13.0 Å². The van der Waals surface area contributed by atoms with Crippen LogP contribution in [0, 0.1) is 6.92 Å². The number of aliphatic hydroxyl groups excluding tert-OH is 1. The molecule has 2 heterocycles. The second kappa shape index (κ2) is 5.66. The lowest BCUT2D eigenvalue weighted by Gasteiger charge is -2.09. The summed E-state index contributed by atoms with van der Waals surface area (Å²) in [4.78, 5) is 26.8. The van der Waals surface area contributed by atoms with Crippen LogP contribution in [0.2, 0.25) is 0 Å². The quantitative estimate of drug-likeness (QED) is 0.744. The molecule has 20 heavy (non-hydrogen) atoms. The number of esters is 1. The standard InChI is InChI=1S/C12H13N3O5/c1-6-8-3-7(4-14-11(8)20-15-6)10(17)13-5-9(16)12(18)19-2/h3-4,9,16H,5H2,1-2H3,(H,13,17). The smallest absolute Gasteiger partial charge is 0.336 e. The van der Waals surface area contributed by atoms with Gasteiger partial charge in [-0.3, -0.25) is 4.79 Å². The van der Waals surface area contributed by atoms with Crippen LogP contribution in [0.4, 0.5) is 0 Å². The minimum Gasteiger partial charge on any atom is -0.467 e. The van der Waals surface area contributed by atoms with E-state index in [1.165, 1.54) is 6.20 Å². The fraction of sp³-hybridized carbons (Fsp3) is 0.333. The number of methoxy groups -OCH3 is 1. The van der Waals surface area contributed by atoms with Crippen molar-refractivity contribution in [1.82, 2.24) is 15.5 Å². The van der Waals surface area contributed by atoms with Crippen molar-refractivity contribution < 1.29 is 24.0 Å². The molecule has 8 heteroatoms. The number of amides is 1. The number of ether oxygens (including phenoxy) is 1. The van der Waals surface area contributed by atoms with Gasteiger partial charge < -0.3 is 19.7 Å². The van der Waals surface area contributed by atoms with Gasteiger partial charge in [0.15, 0.2) is 6.10 Å². The van der Waals surface area contributed by atoms with Crippen molar-refractivity contribution >= 4 is 23.0 Å². The molecule has 0 fully saturated rings. The summed E-state index contributed by atoms with van der Waals surface area (Å²) in [5.41, 5.74) is 1.24. The lowest BCUT2D eigenvalue weighted by Crippen LogP contribution is -2.37. The van der Waals surface area contributed by atoms with E-state index in [1.807, 2.05) is 0 Å². The molecule has 0 saturated carbocycles. The van der Waals surface area contributed by atoms with Crippen LogP contribution in [0.5, 0.6) is 0 Å². The first kappa shape index (κ1) is 13.9. The Hall–Kier alpha value is -2.48. The van der Waals surface area contributed by atoms with Crippen LogP contribution >= 0.6 is 0 Å². The summed E-state index contributed by atoms with van der Waals surface area (Å²) in [5, 5.41) is 16.1. The Balaban J connectivity index is 2.07. The third-order valence-corrected chi connectivity index (χ3v) is 2.70. The lowest BCUT2D eigenvalue weighted by atomic mass is 10.2. The monoisotopic (exact) mass is 279 g/mol. The van der Waals surface area contributed by atoms with Crippen molar-refractivity contribution in [2.24, 2.45) is 0 Å². The van der Waals surface area contributed by atoms with E-state index in [-0.39, 0.29) is 12.1 Å². The number of hydrogen-bond acceptors (Lipinski definition) is 7. The van der Waals surface area contributed by atoms with Gasteiger partial charge in [-0.25, -0.2) is 9.78 Å². The van der Waals surface area contributed by atoms with Gasteiger partial charge in [0.05, 0.1) is 30.3 Å². The van der Waals surface area contributed by atoms with Crippen molar-refractivity contribution in [3.8, 4) is 0 Å². The Morgan fingerprint density at radius 2 is 2.30 bits per heavy atom. The maximum atomic E-state index is 11.9. The SMILES string of the molecule is COC(=O)C(O)CNC(=O)c1cnc2onc(C)c2c1. The highest BCUT2D eigenvalue weighted by Gasteiger charge is 2.17. The Kier molecular flexibility index (Phi) is 3.94. The largest absolute Gasteiger partial charge is 0.467 e. The molecule has 0 radical (unpaired) electrons. The van der Waals surface area contributed by atoms with Crippen LogP contribution in [-0.4, -0.2) is 46.9 Å². The summed E-state index contributed by atoms with van der Waals surface area (Å²) in [6.45, 7) is 1.49. The summed E-state index contributed by atoms with van der Waals surface area (Å²) in [6, 6.07) is 1.58. The Morgan fingerprint density at radius 3 is 3.00 bits per heavy atom. The number of pyridine rings is 1. The van der Waals surface area contributed by atoms with E-state index in [0.29, 0.717) is 16.8 Å². The number of nitrogens with zero attached hydrogens (tertiary/aromatic N) is 2. The minimum atomic E-state index is -1.40. The lowest BCUT2D eigenvalue weighted by molar-refractivity contribution is -0.149. The zero-order chi connectivity index (χ0) is 14.7. The number of nitrogens with one attached hydrogen (secondary N) is 1. The topological polar surface area (TPSA) is 115 Å². The molecule has 2 aromatic heterocycles. The van der Waals surface area contributed by atoms with E-state index in [9.17, 15) is 14.7 Å². The van der Waals surface area contributed by atoms with Crippen LogP contribution in [0.25, 0.3) is 11.1 Å². The van der Waals surface area contributed by atoms with Crippen LogP contribution in [-0.2, 0) is 9.53 Å². The van der Waals surface area contributed by atoms with Crippen LogP contribution < -0.4 is 5.32 Å². The average molecular weight is 279 g/mol. The van der Waals surface area contributed by atoms with E-state index in [0.717, 1.165) is 7.11 Å². The minimum absolute atomic E-state index is 0.244. The number of aromatic nitrogens is 2. The van der Waals surface area contributed by atoms with Gasteiger partial charge in [-0.2, -0.15) is 0 Å². The molecular weight excluding hydrogens is 266 g/mol. The Labute approximate surface area is 113 Å². The number of aliphatic hydroxyl groups is 1. The zero-order valence-electron chi connectivity index (χ0n) is 10.9. The molecule has 1 atom stereocenters. The molecule has 8 nitrogen and oxygen atoms in total. The molecule has 2 aromatic rings. The first-order valence-corrected chi connectivity index (χ1v) is 5.79. The van der Waals surface area contributed by atoms with Gasteiger partial charge in [-0.1, -0.05) is 5.16 Å². The average Bonchev–Trinajstić information content (AvgIpc) is 2.84. The van der Waals surface area contributed by atoms with Crippen molar-refractivity contribution in [1.29, 1.82) is 0 Å². The molecule has 106 valence electrons. The molecule has 0 aliphatic carbocycles. The van der Waals surface area contributed by atoms with Crippen LogP contribution in [0.1, 0.15) is 16.1 Å². The van der Waals surface area contributed by atoms with E-state index in [1.54, 1.807) is 13.0 Å². The fourth-order valence-corrected chi connectivity index (χ4v) is 1.58. The van der Waals surface area contributed by atoms with Gasteiger partial charge in [0.2, 0.25) is 0 Å².